The van der Waals surface area contributed by atoms with Gasteiger partial charge in [-0.2, -0.15) is 0 Å². The Hall–Kier alpha value is -0.900. The summed E-state index contributed by atoms with van der Waals surface area (Å²) in [5.74, 6) is 0. The SMILES string of the molecule is CCNC1CC(OC(C)c2ccccc2)C1OC. The summed E-state index contributed by atoms with van der Waals surface area (Å²) in [6, 6.07) is 10.8. The third-order valence-corrected chi connectivity index (χ3v) is 3.64. The van der Waals surface area contributed by atoms with Crippen LogP contribution in [0.3, 0.4) is 0 Å². The smallest absolute Gasteiger partial charge is 0.0987 e. The highest BCUT2D eigenvalue weighted by molar-refractivity contribution is 5.17. The second-order valence-corrected chi connectivity index (χ2v) is 4.83. The van der Waals surface area contributed by atoms with Gasteiger partial charge in [-0.25, -0.2) is 0 Å². The van der Waals surface area contributed by atoms with Crippen LogP contribution in [-0.4, -0.2) is 31.9 Å². The molecule has 1 aliphatic carbocycles. The summed E-state index contributed by atoms with van der Waals surface area (Å²) in [7, 11) is 1.76. The van der Waals surface area contributed by atoms with Gasteiger partial charge in [-0.1, -0.05) is 37.3 Å². The fourth-order valence-electron chi connectivity index (χ4n) is 2.56. The lowest BCUT2D eigenvalue weighted by Crippen LogP contribution is -2.59. The van der Waals surface area contributed by atoms with E-state index in [9.17, 15) is 0 Å². The molecule has 1 saturated carbocycles. The summed E-state index contributed by atoms with van der Waals surface area (Å²) in [6.07, 6.45) is 1.53. The molecule has 18 heavy (non-hydrogen) atoms. The molecule has 1 aliphatic rings. The number of methoxy groups -OCH3 is 1. The number of likely N-dealkylation sites (N-methyl/N-ethyl adjacent to an activating group) is 1. The lowest BCUT2D eigenvalue weighted by atomic mass is 9.85. The zero-order chi connectivity index (χ0) is 13.0. The Balaban J connectivity index is 1.87. The molecule has 0 saturated heterocycles. The van der Waals surface area contributed by atoms with Crippen molar-refractivity contribution in [2.24, 2.45) is 0 Å². The molecule has 4 unspecified atom stereocenters. The van der Waals surface area contributed by atoms with Crippen molar-refractivity contribution in [3.63, 3.8) is 0 Å². The summed E-state index contributed by atoms with van der Waals surface area (Å²) in [5, 5.41) is 3.42. The van der Waals surface area contributed by atoms with E-state index in [1.165, 1.54) is 5.56 Å². The van der Waals surface area contributed by atoms with Crippen LogP contribution < -0.4 is 5.32 Å². The molecule has 100 valence electrons. The summed E-state index contributed by atoms with van der Waals surface area (Å²) in [5.41, 5.74) is 1.22. The van der Waals surface area contributed by atoms with E-state index in [-0.39, 0.29) is 18.3 Å². The van der Waals surface area contributed by atoms with E-state index in [1.807, 2.05) is 18.2 Å². The Bertz CT molecular complexity index is 355. The fraction of sp³-hybridized carbons (Fsp3) is 0.600. The number of nitrogens with one attached hydrogen (secondary N) is 1. The van der Waals surface area contributed by atoms with Gasteiger partial charge in [-0.05, 0) is 25.5 Å². The van der Waals surface area contributed by atoms with Gasteiger partial charge in [0.1, 0.15) is 0 Å². The molecular formula is C15H23NO2. The van der Waals surface area contributed by atoms with Gasteiger partial charge in [0.25, 0.3) is 0 Å². The molecule has 0 spiro atoms. The summed E-state index contributed by atoms with van der Waals surface area (Å²) >= 11 is 0. The van der Waals surface area contributed by atoms with E-state index >= 15 is 0 Å². The van der Waals surface area contributed by atoms with Crippen LogP contribution >= 0.6 is 0 Å². The first-order valence-corrected chi connectivity index (χ1v) is 6.72. The Kier molecular flexibility index (Phi) is 4.75. The van der Waals surface area contributed by atoms with Gasteiger partial charge in [0.2, 0.25) is 0 Å². The van der Waals surface area contributed by atoms with Gasteiger partial charge >= 0.3 is 0 Å². The highest BCUT2D eigenvalue weighted by Crippen LogP contribution is 2.31. The second kappa shape index (κ2) is 6.32. The Labute approximate surface area is 109 Å². The predicted molar refractivity (Wildman–Crippen MR) is 72.6 cm³/mol. The molecular weight excluding hydrogens is 226 g/mol. The largest absolute Gasteiger partial charge is 0.377 e. The third-order valence-electron chi connectivity index (χ3n) is 3.64. The van der Waals surface area contributed by atoms with E-state index < -0.39 is 0 Å². The maximum Gasteiger partial charge on any atom is 0.0987 e. The van der Waals surface area contributed by atoms with Gasteiger partial charge in [0, 0.05) is 13.2 Å². The van der Waals surface area contributed by atoms with Gasteiger partial charge in [0.15, 0.2) is 0 Å². The van der Waals surface area contributed by atoms with E-state index in [4.69, 9.17) is 9.47 Å². The van der Waals surface area contributed by atoms with Crippen LogP contribution in [0.4, 0.5) is 0 Å². The van der Waals surface area contributed by atoms with E-state index in [2.05, 4.69) is 31.3 Å². The third kappa shape index (κ3) is 2.91. The average Bonchev–Trinajstić information content (AvgIpc) is 2.38. The zero-order valence-electron chi connectivity index (χ0n) is 11.4. The molecule has 0 aliphatic heterocycles. The molecule has 0 amide bonds. The summed E-state index contributed by atoms with van der Waals surface area (Å²) < 4.78 is 11.6. The zero-order valence-corrected chi connectivity index (χ0v) is 11.4. The molecule has 3 nitrogen and oxygen atoms in total. The molecule has 1 N–H and O–H groups in total. The number of ether oxygens (including phenoxy) is 2. The number of benzene rings is 1. The standard InChI is InChI=1S/C15H23NO2/c1-4-16-13-10-14(15(13)17-3)18-11(2)12-8-6-5-7-9-12/h5-9,11,13-16H,4,10H2,1-3H3. The molecule has 3 heteroatoms. The van der Waals surface area contributed by atoms with Crippen LogP contribution in [0.1, 0.15) is 31.9 Å². The van der Waals surface area contributed by atoms with Crippen molar-refractivity contribution in [1.82, 2.24) is 5.32 Å². The number of hydrogen-bond acceptors (Lipinski definition) is 3. The first-order chi connectivity index (χ1) is 8.76. The van der Waals surface area contributed by atoms with Crippen LogP contribution in [0, 0.1) is 0 Å². The van der Waals surface area contributed by atoms with Crippen LogP contribution in [0.15, 0.2) is 30.3 Å². The molecule has 0 radical (unpaired) electrons. The molecule has 0 heterocycles. The van der Waals surface area contributed by atoms with Crippen molar-refractivity contribution < 1.29 is 9.47 Å². The van der Waals surface area contributed by atoms with E-state index in [0.717, 1.165) is 13.0 Å². The number of rotatable bonds is 6. The highest BCUT2D eigenvalue weighted by atomic mass is 16.5. The molecule has 2 rings (SSSR count). The van der Waals surface area contributed by atoms with Gasteiger partial charge in [-0.15, -0.1) is 0 Å². The lowest BCUT2D eigenvalue weighted by molar-refractivity contribution is -0.154. The molecule has 0 bridgehead atoms. The minimum absolute atomic E-state index is 0.122. The van der Waals surface area contributed by atoms with Crippen LogP contribution in [0.25, 0.3) is 0 Å². The van der Waals surface area contributed by atoms with Gasteiger partial charge in [-0.3, -0.25) is 0 Å². The maximum absolute atomic E-state index is 6.09. The Morgan fingerprint density at radius 2 is 2.06 bits per heavy atom. The predicted octanol–water partition coefficient (Wildman–Crippen LogP) is 2.53. The first kappa shape index (κ1) is 13.5. The molecule has 0 aromatic heterocycles. The van der Waals surface area contributed by atoms with Crippen molar-refractivity contribution >= 4 is 0 Å². The Morgan fingerprint density at radius 1 is 1.33 bits per heavy atom. The van der Waals surface area contributed by atoms with Crippen molar-refractivity contribution in [2.75, 3.05) is 13.7 Å². The normalized spacial score (nSPS) is 28.7. The lowest BCUT2D eigenvalue weighted by Gasteiger charge is -2.44. The van der Waals surface area contributed by atoms with Gasteiger partial charge in [0.05, 0.1) is 18.3 Å². The van der Waals surface area contributed by atoms with Crippen molar-refractivity contribution in [1.29, 1.82) is 0 Å². The van der Waals surface area contributed by atoms with Crippen molar-refractivity contribution in [2.45, 2.75) is 44.6 Å². The molecule has 1 fully saturated rings. The summed E-state index contributed by atoms with van der Waals surface area (Å²) in [4.78, 5) is 0. The fourth-order valence-corrected chi connectivity index (χ4v) is 2.56. The minimum atomic E-state index is 0.122. The quantitative estimate of drug-likeness (QED) is 0.840. The van der Waals surface area contributed by atoms with Crippen molar-refractivity contribution in [3.05, 3.63) is 35.9 Å². The molecule has 1 aromatic carbocycles. The second-order valence-electron chi connectivity index (χ2n) is 4.83. The highest BCUT2D eigenvalue weighted by Gasteiger charge is 2.42. The van der Waals surface area contributed by atoms with Gasteiger partial charge < -0.3 is 14.8 Å². The maximum atomic E-state index is 6.09. The summed E-state index contributed by atoms with van der Waals surface area (Å²) in [6.45, 7) is 5.20. The van der Waals surface area contributed by atoms with E-state index in [0.29, 0.717) is 6.04 Å². The minimum Gasteiger partial charge on any atom is -0.377 e. The number of hydrogen-bond donors (Lipinski definition) is 1. The van der Waals surface area contributed by atoms with Crippen LogP contribution in [0.5, 0.6) is 0 Å². The molecule has 1 aromatic rings. The Morgan fingerprint density at radius 3 is 2.67 bits per heavy atom. The first-order valence-electron chi connectivity index (χ1n) is 6.72. The average molecular weight is 249 g/mol. The monoisotopic (exact) mass is 249 g/mol. The van der Waals surface area contributed by atoms with Crippen molar-refractivity contribution in [3.8, 4) is 0 Å². The topological polar surface area (TPSA) is 30.5 Å². The van der Waals surface area contributed by atoms with Crippen LogP contribution in [0.2, 0.25) is 0 Å². The van der Waals surface area contributed by atoms with E-state index in [1.54, 1.807) is 7.11 Å². The van der Waals surface area contributed by atoms with Crippen LogP contribution in [-0.2, 0) is 9.47 Å². The molecule has 4 atom stereocenters.